The Bertz CT molecular complexity index is 382. The van der Waals surface area contributed by atoms with Crippen molar-refractivity contribution >= 4 is 5.69 Å². The summed E-state index contributed by atoms with van der Waals surface area (Å²) in [6, 6.07) is 4.43. The Morgan fingerprint density at radius 2 is 2.31 bits per heavy atom. The summed E-state index contributed by atoms with van der Waals surface area (Å²) in [6.07, 6.45) is 5.24. The Kier molecular flexibility index (Phi) is 2.52. The Balaban J connectivity index is 1.71. The van der Waals surface area contributed by atoms with Crippen molar-refractivity contribution in [3.05, 3.63) is 24.3 Å². The van der Waals surface area contributed by atoms with E-state index >= 15 is 0 Å². The van der Waals surface area contributed by atoms with E-state index in [2.05, 4.69) is 15.2 Å². The normalized spacial score (nSPS) is 29.3. The summed E-state index contributed by atoms with van der Waals surface area (Å²) >= 11 is 0. The van der Waals surface area contributed by atoms with E-state index in [0.29, 0.717) is 12.1 Å². The molecular weight excluding hydrogens is 205 g/mol. The molecule has 3 heterocycles. The fourth-order valence-electron chi connectivity index (χ4n) is 2.96. The van der Waals surface area contributed by atoms with Gasteiger partial charge in [-0.25, -0.2) is 4.98 Å². The van der Waals surface area contributed by atoms with Gasteiger partial charge in [0, 0.05) is 36.6 Å². The van der Waals surface area contributed by atoms with E-state index in [1.165, 1.54) is 38.2 Å². The first-order chi connectivity index (χ1) is 7.83. The fraction of sp³-hybridized carbons (Fsp3) is 0.583. The standard InChI is InChI=1S/C12H16FN3/c13-12-8-9(3-5-14-12)15-10-4-7-16-6-1-2-11(10)16/h3,5,8,10-11H,1-2,4,6-7H2,(H,14,15). The van der Waals surface area contributed by atoms with E-state index in [-0.39, 0.29) is 0 Å². The maximum Gasteiger partial charge on any atom is 0.214 e. The van der Waals surface area contributed by atoms with E-state index in [4.69, 9.17) is 0 Å². The molecule has 3 nitrogen and oxygen atoms in total. The highest BCUT2D eigenvalue weighted by Gasteiger charge is 2.36. The van der Waals surface area contributed by atoms with Crippen LogP contribution in [0.1, 0.15) is 19.3 Å². The maximum atomic E-state index is 12.9. The van der Waals surface area contributed by atoms with Crippen LogP contribution in [-0.4, -0.2) is 35.1 Å². The van der Waals surface area contributed by atoms with Crippen LogP contribution in [0.5, 0.6) is 0 Å². The van der Waals surface area contributed by atoms with E-state index in [0.717, 1.165) is 12.1 Å². The van der Waals surface area contributed by atoms with Gasteiger partial charge in [-0.15, -0.1) is 0 Å². The second kappa shape index (κ2) is 4.01. The van der Waals surface area contributed by atoms with E-state index in [1.54, 1.807) is 0 Å². The van der Waals surface area contributed by atoms with Gasteiger partial charge in [0.15, 0.2) is 0 Å². The number of hydrogen-bond donors (Lipinski definition) is 1. The Morgan fingerprint density at radius 1 is 1.38 bits per heavy atom. The molecule has 2 aliphatic heterocycles. The van der Waals surface area contributed by atoms with Crippen LogP contribution < -0.4 is 5.32 Å². The van der Waals surface area contributed by atoms with Gasteiger partial charge in [-0.2, -0.15) is 4.39 Å². The monoisotopic (exact) mass is 221 g/mol. The zero-order chi connectivity index (χ0) is 11.0. The molecule has 2 saturated heterocycles. The van der Waals surface area contributed by atoms with Gasteiger partial charge in [-0.1, -0.05) is 0 Å². The number of hydrogen-bond acceptors (Lipinski definition) is 3. The third kappa shape index (κ3) is 1.78. The van der Waals surface area contributed by atoms with Crippen molar-refractivity contribution in [3.8, 4) is 0 Å². The highest BCUT2D eigenvalue weighted by atomic mass is 19.1. The first-order valence-corrected chi connectivity index (χ1v) is 5.95. The lowest BCUT2D eigenvalue weighted by atomic mass is 10.1. The molecule has 0 saturated carbocycles. The number of fused-ring (bicyclic) bond motifs is 1. The van der Waals surface area contributed by atoms with Crippen LogP contribution in [0.15, 0.2) is 18.3 Å². The van der Waals surface area contributed by atoms with Crippen LogP contribution in [-0.2, 0) is 0 Å². The molecule has 1 aromatic rings. The van der Waals surface area contributed by atoms with Gasteiger partial charge in [0.1, 0.15) is 0 Å². The first kappa shape index (κ1) is 10.0. The number of nitrogens with zero attached hydrogens (tertiary/aromatic N) is 2. The maximum absolute atomic E-state index is 12.9. The number of rotatable bonds is 2. The van der Waals surface area contributed by atoms with Gasteiger partial charge < -0.3 is 5.32 Å². The van der Waals surface area contributed by atoms with Crippen LogP contribution in [0, 0.1) is 5.95 Å². The molecule has 0 aliphatic carbocycles. The van der Waals surface area contributed by atoms with Crippen LogP contribution in [0.4, 0.5) is 10.1 Å². The minimum Gasteiger partial charge on any atom is -0.381 e. The lowest BCUT2D eigenvalue weighted by Crippen LogP contribution is -2.33. The Hall–Kier alpha value is -1.16. The molecule has 1 N–H and O–H groups in total. The molecule has 0 spiro atoms. The van der Waals surface area contributed by atoms with Crippen molar-refractivity contribution in [1.82, 2.24) is 9.88 Å². The van der Waals surface area contributed by atoms with Crippen molar-refractivity contribution in [3.63, 3.8) is 0 Å². The topological polar surface area (TPSA) is 28.2 Å². The van der Waals surface area contributed by atoms with Gasteiger partial charge in [0.05, 0.1) is 0 Å². The summed E-state index contributed by atoms with van der Waals surface area (Å²) in [5.74, 6) is -0.411. The third-order valence-corrected chi connectivity index (χ3v) is 3.68. The number of halogens is 1. The molecule has 2 fully saturated rings. The highest BCUT2D eigenvalue weighted by molar-refractivity contribution is 5.43. The molecular formula is C12H16FN3. The summed E-state index contributed by atoms with van der Waals surface area (Å²) in [7, 11) is 0. The van der Waals surface area contributed by atoms with Gasteiger partial charge in [-0.05, 0) is 31.9 Å². The molecule has 2 aliphatic rings. The number of anilines is 1. The second-order valence-electron chi connectivity index (χ2n) is 4.65. The molecule has 0 aromatic carbocycles. The Labute approximate surface area is 94.7 Å². The van der Waals surface area contributed by atoms with E-state index < -0.39 is 5.95 Å². The van der Waals surface area contributed by atoms with Gasteiger partial charge in [-0.3, -0.25) is 4.90 Å². The molecule has 3 rings (SSSR count). The molecule has 86 valence electrons. The summed E-state index contributed by atoms with van der Waals surface area (Å²) in [5.41, 5.74) is 0.853. The second-order valence-corrected chi connectivity index (χ2v) is 4.65. The zero-order valence-electron chi connectivity index (χ0n) is 9.19. The third-order valence-electron chi connectivity index (χ3n) is 3.68. The molecule has 0 bridgehead atoms. The largest absolute Gasteiger partial charge is 0.381 e. The van der Waals surface area contributed by atoms with Gasteiger partial charge >= 0.3 is 0 Å². The number of pyridine rings is 1. The average molecular weight is 221 g/mol. The quantitative estimate of drug-likeness (QED) is 0.773. The van der Waals surface area contributed by atoms with Gasteiger partial charge in [0.25, 0.3) is 0 Å². The highest BCUT2D eigenvalue weighted by Crippen LogP contribution is 2.29. The van der Waals surface area contributed by atoms with Crippen molar-refractivity contribution < 1.29 is 4.39 Å². The van der Waals surface area contributed by atoms with Crippen molar-refractivity contribution in [2.45, 2.75) is 31.3 Å². The van der Waals surface area contributed by atoms with E-state index in [9.17, 15) is 4.39 Å². The number of aromatic nitrogens is 1. The van der Waals surface area contributed by atoms with Crippen LogP contribution in [0.3, 0.4) is 0 Å². The molecule has 2 atom stereocenters. The molecule has 4 heteroatoms. The SMILES string of the molecule is Fc1cc(NC2CCN3CCCC23)ccn1. The summed E-state index contributed by atoms with van der Waals surface area (Å²) in [4.78, 5) is 6.10. The van der Waals surface area contributed by atoms with Gasteiger partial charge in [0.2, 0.25) is 5.95 Å². The van der Waals surface area contributed by atoms with Crippen LogP contribution >= 0.6 is 0 Å². The summed E-state index contributed by atoms with van der Waals surface area (Å²) < 4.78 is 12.9. The first-order valence-electron chi connectivity index (χ1n) is 5.95. The summed E-state index contributed by atoms with van der Waals surface area (Å²) in [6.45, 7) is 2.41. The lowest BCUT2D eigenvalue weighted by molar-refractivity contribution is 0.318. The predicted octanol–water partition coefficient (Wildman–Crippen LogP) is 1.87. The smallest absolute Gasteiger partial charge is 0.214 e. The van der Waals surface area contributed by atoms with Crippen molar-refractivity contribution in [1.29, 1.82) is 0 Å². The lowest BCUT2D eigenvalue weighted by Gasteiger charge is -2.22. The van der Waals surface area contributed by atoms with Crippen LogP contribution in [0.25, 0.3) is 0 Å². The molecule has 0 radical (unpaired) electrons. The van der Waals surface area contributed by atoms with Crippen molar-refractivity contribution in [2.75, 3.05) is 18.4 Å². The molecule has 16 heavy (non-hydrogen) atoms. The minimum absolute atomic E-state index is 0.411. The fourth-order valence-corrected chi connectivity index (χ4v) is 2.96. The average Bonchev–Trinajstić information content (AvgIpc) is 2.83. The van der Waals surface area contributed by atoms with Crippen LogP contribution in [0.2, 0.25) is 0 Å². The summed E-state index contributed by atoms with van der Waals surface area (Å²) in [5, 5.41) is 3.43. The predicted molar refractivity (Wildman–Crippen MR) is 60.8 cm³/mol. The molecule has 2 unspecified atom stereocenters. The minimum atomic E-state index is -0.411. The molecule has 0 amide bonds. The van der Waals surface area contributed by atoms with Crippen molar-refractivity contribution in [2.24, 2.45) is 0 Å². The number of nitrogens with one attached hydrogen (secondary N) is 1. The van der Waals surface area contributed by atoms with E-state index in [1.807, 2.05) is 6.07 Å². The molecule has 1 aromatic heterocycles. The zero-order valence-corrected chi connectivity index (χ0v) is 9.19. The Morgan fingerprint density at radius 3 is 3.19 bits per heavy atom.